The third-order valence-corrected chi connectivity index (χ3v) is 1.82. The topological polar surface area (TPSA) is 33.1 Å². The van der Waals surface area contributed by atoms with E-state index in [1.54, 1.807) is 0 Å². The number of hydrogen-bond acceptors (Lipinski definition) is 2. The number of ether oxygens (including phenoxy) is 1. The fourth-order valence-electron chi connectivity index (χ4n) is 1.20. The minimum absolute atomic E-state index is 0.695. The Bertz CT molecular complexity index is 261. The summed E-state index contributed by atoms with van der Waals surface area (Å²) >= 11 is 0. The molecule has 0 saturated carbocycles. The van der Waals surface area contributed by atoms with Crippen LogP contribution in [0.15, 0.2) is 35.6 Å². The third kappa shape index (κ3) is 3.28. The molecule has 70 valence electrons. The van der Waals surface area contributed by atoms with Crippen molar-refractivity contribution < 1.29 is 4.74 Å². The number of rotatable bonds is 3. The molecule has 0 unspecified atom stereocenters. The number of nitrogens with one attached hydrogen (secondary N) is 1. The molecule has 1 aliphatic rings. The first-order valence-electron chi connectivity index (χ1n) is 4.54. The molecule has 0 bridgehead atoms. The summed E-state index contributed by atoms with van der Waals surface area (Å²) in [6, 6.07) is 0. The van der Waals surface area contributed by atoms with Crippen LogP contribution in [-0.2, 0) is 4.74 Å². The molecule has 2 nitrogen and oxygen atoms in total. The van der Waals surface area contributed by atoms with E-state index in [-0.39, 0.29) is 0 Å². The van der Waals surface area contributed by atoms with Gasteiger partial charge in [0.1, 0.15) is 0 Å². The first-order chi connectivity index (χ1) is 6.36. The van der Waals surface area contributed by atoms with Gasteiger partial charge in [0, 0.05) is 12.6 Å². The van der Waals surface area contributed by atoms with Gasteiger partial charge in [-0.05, 0) is 25.0 Å². The highest BCUT2D eigenvalue weighted by Crippen LogP contribution is 2.14. The van der Waals surface area contributed by atoms with Gasteiger partial charge >= 0.3 is 0 Å². The summed E-state index contributed by atoms with van der Waals surface area (Å²) in [4.78, 5) is 0. The van der Waals surface area contributed by atoms with Gasteiger partial charge in [0.15, 0.2) is 0 Å². The molecule has 0 aromatic carbocycles. The molecule has 0 amide bonds. The molecule has 13 heavy (non-hydrogen) atoms. The van der Waals surface area contributed by atoms with Gasteiger partial charge in [-0.1, -0.05) is 18.2 Å². The van der Waals surface area contributed by atoms with Gasteiger partial charge in [0.05, 0.1) is 12.4 Å². The Balaban J connectivity index is 2.71. The Hall–Kier alpha value is -1.31. The van der Waals surface area contributed by atoms with Gasteiger partial charge < -0.3 is 10.1 Å². The summed E-state index contributed by atoms with van der Waals surface area (Å²) in [7, 11) is 0. The minimum atomic E-state index is 0.695. The molecule has 1 N–H and O–H groups in total. The molecule has 1 aliphatic carbocycles. The molecular formula is C11H15NO. The van der Waals surface area contributed by atoms with Gasteiger partial charge in [-0.3, -0.25) is 0 Å². The molecule has 0 spiro atoms. The van der Waals surface area contributed by atoms with Crippen molar-refractivity contribution in [1.82, 2.24) is 0 Å². The van der Waals surface area contributed by atoms with Crippen molar-refractivity contribution >= 4 is 6.21 Å². The monoisotopic (exact) mass is 177 g/mol. The van der Waals surface area contributed by atoms with Gasteiger partial charge in [0.25, 0.3) is 0 Å². The van der Waals surface area contributed by atoms with Crippen LogP contribution in [0.4, 0.5) is 0 Å². The van der Waals surface area contributed by atoms with Crippen LogP contribution in [0.3, 0.4) is 0 Å². The van der Waals surface area contributed by atoms with Crippen LogP contribution in [0.25, 0.3) is 0 Å². The van der Waals surface area contributed by atoms with E-state index in [0.29, 0.717) is 6.61 Å². The molecule has 1 rings (SSSR count). The molecule has 0 aliphatic heterocycles. The maximum atomic E-state index is 7.18. The lowest BCUT2D eigenvalue weighted by Crippen LogP contribution is -1.96. The summed E-state index contributed by atoms with van der Waals surface area (Å²) in [5, 5.41) is 7.18. The molecule has 2 heteroatoms. The standard InChI is InChI=1S/C11H15NO/c1-2-13-11-7-5-3-4-6-10(8-11)9-12/h3-4,6-7,9,12H,2,5,8H2,1H3/b4-3-,10-6+,11-7+,12-9?. The van der Waals surface area contributed by atoms with Crippen molar-refractivity contribution in [3.63, 3.8) is 0 Å². The molecule has 0 aromatic heterocycles. The second kappa shape index (κ2) is 5.36. The highest BCUT2D eigenvalue weighted by Gasteiger charge is 2.01. The second-order valence-corrected chi connectivity index (χ2v) is 2.83. The van der Waals surface area contributed by atoms with E-state index in [0.717, 1.165) is 24.2 Å². The van der Waals surface area contributed by atoms with Crippen molar-refractivity contribution in [2.75, 3.05) is 6.61 Å². The molecule has 0 aromatic rings. The van der Waals surface area contributed by atoms with E-state index in [1.165, 1.54) is 6.21 Å². The van der Waals surface area contributed by atoms with Crippen LogP contribution in [0.1, 0.15) is 19.8 Å². The second-order valence-electron chi connectivity index (χ2n) is 2.83. The maximum Gasteiger partial charge on any atom is 0.0967 e. The van der Waals surface area contributed by atoms with Crippen molar-refractivity contribution in [3.8, 4) is 0 Å². The highest BCUT2D eigenvalue weighted by molar-refractivity contribution is 5.76. The van der Waals surface area contributed by atoms with Crippen LogP contribution in [0.5, 0.6) is 0 Å². The smallest absolute Gasteiger partial charge is 0.0967 e. The predicted octanol–water partition coefficient (Wildman–Crippen LogP) is 2.83. The Morgan fingerprint density at radius 2 is 2.46 bits per heavy atom. The average Bonchev–Trinajstić information content (AvgIpc) is 2.09. The highest BCUT2D eigenvalue weighted by atomic mass is 16.5. The Morgan fingerprint density at radius 3 is 3.15 bits per heavy atom. The fourth-order valence-corrected chi connectivity index (χ4v) is 1.20. The quantitative estimate of drug-likeness (QED) is 0.661. The molecular weight excluding hydrogens is 162 g/mol. The molecule has 0 saturated heterocycles. The Morgan fingerprint density at radius 1 is 1.62 bits per heavy atom. The van der Waals surface area contributed by atoms with Gasteiger partial charge in [-0.2, -0.15) is 0 Å². The normalized spacial score (nSPS) is 27.2. The zero-order chi connectivity index (χ0) is 9.52. The summed E-state index contributed by atoms with van der Waals surface area (Å²) < 4.78 is 5.43. The number of hydrogen-bond donors (Lipinski definition) is 1. The fraction of sp³-hybridized carbons (Fsp3) is 0.364. The van der Waals surface area contributed by atoms with E-state index >= 15 is 0 Å². The van der Waals surface area contributed by atoms with E-state index in [9.17, 15) is 0 Å². The van der Waals surface area contributed by atoms with Gasteiger partial charge in [-0.15, -0.1) is 0 Å². The SMILES string of the molecule is CCO/C1=C/C/C=C\C=C(\C=N)C1. The van der Waals surface area contributed by atoms with E-state index < -0.39 is 0 Å². The maximum absolute atomic E-state index is 7.18. The number of allylic oxidation sites excluding steroid dienone is 5. The lowest BCUT2D eigenvalue weighted by molar-refractivity contribution is 0.222. The summed E-state index contributed by atoms with van der Waals surface area (Å²) in [6.45, 7) is 2.67. The summed E-state index contributed by atoms with van der Waals surface area (Å²) in [5.41, 5.74) is 0.982. The predicted molar refractivity (Wildman–Crippen MR) is 54.9 cm³/mol. The Labute approximate surface area is 79.1 Å². The van der Waals surface area contributed by atoms with Crippen molar-refractivity contribution in [2.45, 2.75) is 19.8 Å². The largest absolute Gasteiger partial charge is 0.498 e. The average molecular weight is 177 g/mol. The molecule has 0 radical (unpaired) electrons. The van der Waals surface area contributed by atoms with E-state index in [4.69, 9.17) is 10.1 Å². The van der Waals surface area contributed by atoms with Crippen molar-refractivity contribution in [3.05, 3.63) is 35.6 Å². The lowest BCUT2D eigenvalue weighted by atomic mass is 10.1. The first kappa shape index (κ1) is 9.78. The van der Waals surface area contributed by atoms with E-state index in [2.05, 4.69) is 12.2 Å². The third-order valence-electron chi connectivity index (χ3n) is 1.82. The summed E-state index contributed by atoms with van der Waals surface area (Å²) in [6.07, 6.45) is 11.1. The van der Waals surface area contributed by atoms with Crippen molar-refractivity contribution in [2.24, 2.45) is 0 Å². The summed E-state index contributed by atoms with van der Waals surface area (Å²) in [5.74, 6) is 0.974. The zero-order valence-corrected chi connectivity index (χ0v) is 7.92. The van der Waals surface area contributed by atoms with Crippen molar-refractivity contribution in [1.29, 1.82) is 5.41 Å². The van der Waals surface area contributed by atoms with Crippen LogP contribution >= 0.6 is 0 Å². The minimum Gasteiger partial charge on any atom is -0.498 e. The van der Waals surface area contributed by atoms with Crippen LogP contribution in [-0.4, -0.2) is 12.8 Å². The Kier molecular flexibility index (Phi) is 4.03. The molecule has 0 atom stereocenters. The molecule has 0 fully saturated rings. The van der Waals surface area contributed by atoms with Crippen LogP contribution in [0, 0.1) is 5.41 Å². The van der Waals surface area contributed by atoms with Crippen LogP contribution in [0.2, 0.25) is 0 Å². The van der Waals surface area contributed by atoms with Gasteiger partial charge in [-0.25, -0.2) is 0 Å². The van der Waals surface area contributed by atoms with Crippen LogP contribution < -0.4 is 0 Å². The molecule has 0 heterocycles. The lowest BCUT2D eigenvalue weighted by Gasteiger charge is -2.09. The van der Waals surface area contributed by atoms with E-state index in [1.807, 2.05) is 19.1 Å². The first-order valence-corrected chi connectivity index (χ1v) is 4.54. The zero-order valence-electron chi connectivity index (χ0n) is 7.92. The van der Waals surface area contributed by atoms with Gasteiger partial charge in [0.2, 0.25) is 0 Å².